The highest BCUT2D eigenvalue weighted by atomic mass is 35.5. The lowest BCUT2D eigenvalue weighted by Gasteiger charge is -2.31. The van der Waals surface area contributed by atoms with Gasteiger partial charge in [-0.15, -0.1) is 23.2 Å². The van der Waals surface area contributed by atoms with Crippen molar-refractivity contribution in [1.29, 1.82) is 0 Å². The summed E-state index contributed by atoms with van der Waals surface area (Å²) in [6.07, 6.45) is 3.46. The van der Waals surface area contributed by atoms with Crippen LogP contribution in [0.25, 0.3) is 10.8 Å². The van der Waals surface area contributed by atoms with Crippen LogP contribution in [0.1, 0.15) is 108 Å². The molecule has 0 saturated carbocycles. The molecule has 0 unspecified atom stereocenters. The largest absolute Gasteiger partial charge is 0.394 e. The van der Waals surface area contributed by atoms with E-state index < -0.39 is 138 Å². The van der Waals surface area contributed by atoms with E-state index in [4.69, 9.17) is 40.5 Å². The zero-order valence-corrected chi connectivity index (χ0v) is 64.7. The molecular weight excluding hydrogens is 1470 g/mol. The molecule has 7 rings (SSSR count). The van der Waals surface area contributed by atoms with Gasteiger partial charge in [0.1, 0.15) is 66.1 Å². The number of likely N-dealkylation sites (tertiary alicyclic amines) is 1. The Kier molecular flexibility index (Phi) is 34.8. The monoisotopic (exact) mass is 1570 g/mol. The number of nitrogens with two attached hydrogens (primary N) is 1. The van der Waals surface area contributed by atoms with Crippen molar-refractivity contribution in [2.45, 2.75) is 179 Å². The average molecular weight is 1570 g/mol. The van der Waals surface area contributed by atoms with E-state index in [1.807, 2.05) is 70.2 Å². The fourth-order valence-electron chi connectivity index (χ4n) is 12.6. The maximum Gasteiger partial charge on any atom is 0.245 e. The normalized spacial score (nSPS) is 15.1. The summed E-state index contributed by atoms with van der Waals surface area (Å²) in [4.78, 5) is 176. The number of carbonyl (C=O) groups is 12. The number of hydrogen-bond donors (Lipinski definition) is 14. The second-order valence-electron chi connectivity index (χ2n) is 28.0. The van der Waals surface area contributed by atoms with E-state index in [-0.39, 0.29) is 75.2 Å². The number of carbonyl (C=O) groups excluding carboxylic acids is 12. The standard InChI is InChI=1S/C79H100Cl3N15O13/c1-46(2)35-61(71(102)90-60(16-9-10-33-85-47(3)4)79(110)97-34-12-17-68(97)78(109)86-48(5)83)91-73(104)64(38-51-21-28-58(29-22-51)88-69(100)42-80)93-75(106)65(39-52-23-30-59(31-24-52)89-70(101)43-81)95-77(108)67(45-98)96-76(107)66(41-54-13-11-32-84-44-54)94-74(105)63(37-50-19-26-57(82)27-20-50)92-72(103)62(87-49(6)99)40-53-18-25-55-14-7-8-15-56(55)36-53/h7-8,11,13-15,18-32,36,44,46-48,60-68,85,98H,9-10,12,16-17,33-35,37-43,45,83H2,1-6H3,(H,86,109)(H,87,99)(H,88,100)(H,89,101)(H,90,102)(H,91,104)(H,92,103)(H,93,106)(H,94,105)(H,95,108)(H,96,107)/t48-,60+,61+,62-,63-,64-,65+,66-,67+,68+/m1/s1. The number of nitrogens with zero attached hydrogens (tertiary/aromatic N) is 2. The van der Waals surface area contributed by atoms with Crippen LogP contribution in [0.15, 0.2) is 140 Å². The van der Waals surface area contributed by atoms with Crippen LogP contribution < -0.4 is 69.5 Å². The van der Waals surface area contributed by atoms with Gasteiger partial charge in [0.25, 0.3) is 0 Å². The van der Waals surface area contributed by atoms with Crippen LogP contribution >= 0.6 is 34.8 Å². The lowest BCUT2D eigenvalue weighted by molar-refractivity contribution is -0.142. The van der Waals surface area contributed by atoms with Crippen molar-refractivity contribution in [1.82, 2.24) is 63.1 Å². The first-order chi connectivity index (χ1) is 52.6. The molecule has 1 aromatic heterocycles. The quantitative estimate of drug-likeness (QED) is 0.0145. The van der Waals surface area contributed by atoms with Crippen LogP contribution in [0.2, 0.25) is 5.02 Å². The molecule has 0 bridgehead atoms. The number of pyridine rings is 1. The molecule has 0 radical (unpaired) electrons. The van der Waals surface area contributed by atoms with Crippen LogP contribution in [-0.4, -0.2) is 184 Å². The molecular formula is C79H100Cl3N15O13. The number of amides is 12. The van der Waals surface area contributed by atoms with Gasteiger partial charge in [0, 0.05) is 80.4 Å². The summed E-state index contributed by atoms with van der Waals surface area (Å²) in [5.41, 5.74) is 9.10. The minimum Gasteiger partial charge on any atom is -0.394 e. The zero-order valence-electron chi connectivity index (χ0n) is 62.5. The summed E-state index contributed by atoms with van der Waals surface area (Å²) in [5, 5.41) is 46.5. The number of benzene rings is 5. The first-order valence-corrected chi connectivity index (χ1v) is 38.1. The molecule has 15 N–H and O–H groups in total. The molecule has 0 aliphatic carbocycles. The maximum absolute atomic E-state index is 15.3. The van der Waals surface area contributed by atoms with Crippen molar-refractivity contribution in [2.24, 2.45) is 11.7 Å². The molecule has 0 spiro atoms. The second-order valence-corrected chi connectivity index (χ2v) is 29.0. The van der Waals surface area contributed by atoms with Crippen molar-refractivity contribution in [3.8, 4) is 0 Å². The van der Waals surface area contributed by atoms with Crippen LogP contribution in [0.4, 0.5) is 11.4 Å². The molecule has 28 nitrogen and oxygen atoms in total. The molecule has 31 heteroatoms. The average Bonchev–Trinajstić information content (AvgIpc) is 1.73. The summed E-state index contributed by atoms with van der Waals surface area (Å²) in [6.45, 7) is 10.3. The summed E-state index contributed by atoms with van der Waals surface area (Å²) in [7, 11) is 0. The van der Waals surface area contributed by atoms with Gasteiger partial charge in [-0.25, -0.2) is 0 Å². The Morgan fingerprint density at radius 2 is 0.955 bits per heavy atom. The molecule has 1 saturated heterocycles. The number of aliphatic hydroxyl groups is 1. The van der Waals surface area contributed by atoms with Gasteiger partial charge in [-0.05, 0) is 139 Å². The van der Waals surface area contributed by atoms with Crippen LogP contribution in [0.3, 0.4) is 0 Å². The van der Waals surface area contributed by atoms with E-state index in [9.17, 15) is 53.1 Å². The number of aromatic nitrogens is 1. The molecule has 1 aliphatic rings. The van der Waals surface area contributed by atoms with E-state index in [1.54, 1.807) is 79.7 Å². The fourth-order valence-corrected chi connectivity index (χ4v) is 12.8. The molecule has 1 aliphatic heterocycles. The third-order valence-electron chi connectivity index (χ3n) is 18.0. The van der Waals surface area contributed by atoms with E-state index in [2.05, 4.69) is 68.8 Å². The first kappa shape index (κ1) is 87.1. The van der Waals surface area contributed by atoms with E-state index >= 15 is 9.59 Å². The van der Waals surface area contributed by atoms with Gasteiger partial charge in [0.2, 0.25) is 70.9 Å². The number of hydrogen-bond acceptors (Lipinski definition) is 16. The van der Waals surface area contributed by atoms with Crippen molar-refractivity contribution in [3.63, 3.8) is 0 Å². The molecule has 5 aromatic carbocycles. The Balaban J connectivity index is 1.19. The van der Waals surface area contributed by atoms with Crippen LogP contribution in [0, 0.1) is 5.92 Å². The van der Waals surface area contributed by atoms with E-state index in [0.29, 0.717) is 76.4 Å². The van der Waals surface area contributed by atoms with E-state index in [0.717, 1.165) is 10.8 Å². The third kappa shape index (κ3) is 28.4. The Morgan fingerprint density at radius 3 is 1.43 bits per heavy atom. The Labute approximate surface area is 655 Å². The lowest BCUT2D eigenvalue weighted by Crippen LogP contribution is -2.62. The molecule has 1 fully saturated rings. The van der Waals surface area contributed by atoms with Crippen molar-refractivity contribution >= 4 is 128 Å². The highest BCUT2D eigenvalue weighted by Crippen LogP contribution is 2.23. The number of aliphatic hydroxyl groups excluding tert-OH is 1. The summed E-state index contributed by atoms with van der Waals surface area (Å²) in [6, 6.07) is 22.9. The number of halogens is 3. The number of fused-ring (bicyclic) bond motifs is 1. The molecule has 2 heterocycles. The Bertz CT molecular complexity index is 4120. The van der Waals surface area contributed by atoms with Crippen molar-refractivity contribution in [3.05, 3.63) is 173 Å². The van der Waals surface area contributed by atoms with Gasteiger partial charge in [-0.3, -0.25) is 62.5 Å². The Morgan fingerprint density at radius 1 is 0.509 bits per heavy atom. The van der Waals surface area contributed by atoms with Crippen molar-refractivity contribution in [2.75, 3.05) is 42.1 Å². The number of unbranched alkanes of at least 4 members (excludes halogenated alkanes) is 1. The minimum absolute atomic E-state index is 0.0264. The number of anilines is 2. The van der Waals surface area contributed by atoms with Gasteiger partial charge in [-0.1, -0.05) is 124 Å². The zero-order chi connectivity index (χ0) is 80.0. The minimum atomic E-state index is -1.86. The smallest absolute Gasteiger partial charge is 0.245 e. The highest BCUT2D eigenvalue weighted by molar-refractivity contribution is 6.30. The molecule has 110 heavy (non-hydrogen) atoms. The topological polar surface area (TPSA) is 412 Å². The predicted molar refractivity (Wildman–Crippen MR) is 421 cm³/mol. The maximum atomic E-state index is 15.3. The molecule has 590 valence electrons. The Hall–Kier alpha value is -10.1. The lowest BCUT2D eigenvalue weighted by atomic mass is 9.99. The van der Waals surface area contributed by atoms with Crippen LogP contribution in [0.5, 0.6) is 0 Å². The van der Waals surface area contributed by atoms with E-state index in [1.165, 1.54) is 36.4 Å². The van der Waals surface area contributed by atoms with Crippen molar-refractivity contribution < 1.29 is 62.6 Å². The highest BCUT2D eigenvalue weighted by Gasteiger charge is 2.40. The first-order valence-electron chi connectivity index (χ1n) is 36.7. The molecule has 12 amide bonds. The van der Waals surface area contributed by atoms with Gasteiger partial charge in [0.15, 0.2) is 0 Å². The van der Waals surface area contributed by atoms with Gasteiger partial charge in [0.05, 0.1) is 12.8 Å². The van der Waals surface area contributed by atoms with Crippen LogP contribution in [-0.2, 0) is 89.6 Å². The fraction of sp³-hybridized carbons (Fsp3) is 0.430. The van der Waals surface area contributed by atoms with Gasteiger partial charge >= 0.3 is 0 Å². The third-order valence-corrected chi connectivity index (χ3v) is 18.8. The number of alkyl halides is 2. The summed E-state index contributed by atoms with van der Waals surface area (Å²) in [5.74, 6) is -9.77. The number of rotatable bonds is 41. The number of nitrogens with one attached hydrogen (secondary N) is 12. The molecule has 10 atom stereocenters. The molecule has 6 aromatic rings. The van der Waals surface area contributed by atoms with Gasteiger partial charge < -0.3 is 79.5 Å². The summed E-state index contributed by atoms with van der Waals surface area (Å²) < 4.78 is 0. The SMILES string of the molecule is CC(=O)N[C@H](Cc1ccc2ccccc2c1)C(=O)N[C@H](Cc1ccc(Cl)cc1)C(=O)N[C@H](Cc1cccnc1)C(=O)N[C@@H](CO)C(=O)N[C@@H](Cc1ccc(NC(=O)CCl)cc1)C(=O)N[C@H](Cc1ccc(NC(=O)CCl)cc1)C(=O)N[C@@H](CC(C)C)C(=O)N[C@@H](CCCCNC(C)C)C(=O)N1CCC[C@H]1C(=O)N[C@H](C)N. The predicted octanol–water partition coefficient (Wildman–Crippen LogP) is 4.27. The second kappa shape index (κ2) is 43.9. The summed E-state index contributed by atoms with van der Waals surface area (Å²) >= 11 is 17.8. The van der Waals surface area contributed by atoms with Gasteiger partial charge in [-0.2, -0.15) is 0 Å².